The Morgan fingerprint density at radius 3 is 2.03 bits per heavy atom. The highest BCUT2D eigenvalue weighted by Crippen LogP contribution is 2.29. The van der Waals surface area contributed by atoms with Crippen molar-refractivity contribution in [2.45, 2.75) is 51.7 Å². The Morgan fingerprint density at radius 2 is 1.52 bits per heavy atom. The number of hydrogen-bond acceptors (Lipinski definition) is 3. The molecule has 3 rings (SSSR count). The van der Waals surface area contributed by atoms with Gasteiger partial charge in [0.2, 0.25) is 0 Å². The zero-order valence-electron chi connectivity index (χ0n) is 17.3. The zero-order chi connectivity index (χ0) is 20.3. The van der Waals surface area contributed by atoms with Crippen LogP contribution in [0.4, 0.5) is 0 Å². The predicted molar refractivity (Wildman–Crippen MR) is 118 cm³/mol. The molecule has 1 fully saturated rings. The normalized spacial score (nSPS) is 16.9. The summed E-state index contributed by atoms with van der Waals surface area (Å²) in [7, 11) is 0. The zero-order valence-corrected chi connectivity index (χ0v) is 17.3. The van der Waals surface area contributed by atoms with Gasteiger partial charge in [0.25, 0.3) is 0 Å². The van der Waals surface area contributed by atoms with Gasteiger partial charge in [-0.15, -0.1) is 0 Å². The number of hydrogen-bond donors (Lipinski definition) is 0. The monoisotopic (exact) mass is 389 g/mol. The second-order valence-corrected chi connectivity index (χ2v) is 7.54. The van der Waals surface area contributed by atoms with E-state index in [4.69, 9.17) is 4.74 Å². The molecule has 3 heteroatoms. The minimum Gasteiger partial charge on any atom is -0.463 e. The molecule has 0 radical (unpaired) electrons. The molecule has 152 valence electrons. The van der Waals surface area contributed by atoms with Crippen LogP contribution in [0.15, 0.2) is 84.5 Å². The van der Waals surface area contributed by atoms with Crippen LogP contribution in [0.3, 0.4) is 0 Å². The van der Waals surface area contributed by atoms with Crippen LogP contribution in [-0.2, 0) is 22.6 Å². The number of nitrogens with zero attached hydrogens (tertiary/aromatic N) is 1. The molecule has 1 aliphatic carbocycles. The highest BCUT2D eigenvalue weighted by atomic mass is 16.5. The molecule has 0 saturated heterocycles. The summed E-state index contributed by atoms with van der Waals surface area (Å²) in [6.45, 7) is 4.19. The summed E-state index contributed by atoms with van der Waals surface area (Å²) >= 11 is 0. The van der Waals surface area contributed by atoms with Gasteiger partial charge in [-0.2, -0.15) is 0 Å². The summed E-state index contributed by atoms with van der Waals surface area (Å²) in [5.74, 6) is -0.269. The summed E-state index contributed by atoms with van der Waals surface area (Å²) in [5, 5.41) is 0. The topological polar surface area (TPSA) is 29.5 Å². The maximum Gasteiger partial charge on any atom is 0.330 e. The van der Waals surface area contributed by atoms with Crippen molar-refractivity contribution in [1.29, 1.82) is 0 Å². The first-order valence-electron chi connectivity index (χ1n) is 10.6. The highest BCUT2D eigenvalue weighted by molar-refractivity contribution is 5.82. The highest BCUT2D eigenvalue weighted by Gasteiger charge is 2.23. The van der Waals surface area contributed by atoms with Gasteiger partial charge in [0.15, 0.2) is 0 Å². The molecular formula is C26H31NO2. The first kappa shape index (κ1) is 21.1. The predicted octanol–water partition coefficient (Wildman–Crippen LogP) is 5.68. The van der Waals surface area contributed by atoms with Crippen molar-refractivity contribution in [2.75, 3.05) is 6.61 Å². The minimum atomic E-state index is -0.269. The molecule has 1 saturated carbocycles. The van der Waals surface area contributed by atoms with Crippen LogP contribution in [0.1, 0.15) is 43.7 Å². The van der Waals surface area contributed by atoms with E-state index >= 15 is 0 Å². The van der Waals surface area contributed by atoms with Crippen LogP contribution in [0.25, 0.3) is 0 Å². The number of ether oxygens (including phenoxy) is 1. The molecule has 29 heavy (non-hydrogen) atoms. The van der Waals surface area contributed by atoms with Gasteiger partial charge in [-0.1, -0.05) is 78.4 Å². The Balaban J connectivity index is 1.62. The van der Waals surface area contributed by atoms with Crippen LogP contribution >= 0.6 is 0 Å². The largest absolute Gasteiger partial charge is 0.463 e. The molecule has 0 aromatic heterocycles. The van der Waals surface area contributed by atoms with E-state index in [1.54, 1.807) is 0 Å². The van der Waals surface area contributed by atoms with Gasteiger partial charge in [-0.05, 0) is 43.7 Å². The van der Waals surface area contributed by atoms with Gasteiger partial charge in [0, 0.05) is 25.2 Å². The van der Waals surface area contributed by atoms with E-state index in [0.717, 1.165) is 38.8 Å². The van der Waals surface area contributed by atoms with E-state index in [0.29, 0.717) is 12.6 Å². The van der Waals surface area contributed by atoms with Crippen LogP contribution in [0.5, 0.6) is 0 Å². The van der Waals surface area contributed by atoms with E-state index in [1.165, 1.54) is 22.8 Å². The molecule has 0 aliphatic heterocycles. The quantitative estimate of drug-likeness (QED) is 0.430. The van der Waals surface area contributed by atoms with E-state index in [2.05, 4.69) is 71.6 Å². The van der Waals surface area contributed by atoms with Crippen LogP contribution in [-0.4, -0.2) is 23.5 Å². The smallest absolute Gasteiger partial charge is 0.330 e. The molecule has 0 heterocycles. The second kappa shape index (κ2) is 11.4. The first-order valence-corrected chi connectivity index (χ1v) is 10.6. The molecule has 0 spiro atoms. The summed E-state index contributed by atoms with van der Waals surface area (Å²) in [4.78, 5) is 14.0. The first-order chi connectivity index (χ1) is 14.2. The Morgan fingerprint density at radius 1 is 0.966 bits per heavy atom. The van der Waals surface area contributed by atoms with E-state index in [1.807, 2.05) is 13.0 Å². The fraction of sp³-hybridized carbons (Fsp3) is 0.346. The van der Waals surface area contributed by atoms with Crippen molar-refractivity contribution in [3.63, 3.8) is 0 Å². The number of allylic oxidation sites excluding steroid dienone is 3. The Kier molecular flexibility index (Phi) is 8.26. The third-order valence-electron chi connectivity index (χ3n) is 5.42. The lowest BCUT2D eigenvalue weighted by atomic mass is 9.89. The standard InChI is InChI=1S/C26H31NO2/c1-2-29-26(28)15-9-14-22-16-18-25(19-17-22)27(20-23-10-5-3-6-11-23)21-24-12-7-4-8-13-24/h3-15,25H,2,16-21H2,1H3. The average molecular weight is 390 g/mol. The number of esters is 1. The Labute approximate surface area is 174 Å². The number of rotatable bonds is 8. The molecule has 0 amide bonds. The molecular weight excluding hydrogens is 358 g/mol. The van der Waals surface area contributed by atoms with Gasteiger partial charge in [0.1, 0.15) is 0 Å². The number of carbonyl (C=O) groups is 1. The van der Waals surface area contributed by atoms with Gasteiger partial charge in [-0.25, -0.2) is 4.79 Å². The van der Waals surface area contributed by atoms with E-state index in [9.17, 15) is 4.79 Å². The van der Waals surface area contributed by atoms with Gasteiger partial charge in [0.05, 0.1) is 6.61 Å². The van der Waals surface area contributed by atoms with Crippen molar-refractivity contribution < 1.29 is 9.53 Å². The summed E-state index contributed by atoms with van der Waals surface area (Å²) in [5.41, 5.74) is 4.14. The molecule has 2 aromatic carbocycles. The summed E-state index contributed by atoms with van der Waals surface area (Å²) in [6, 6.07) is 22.1. The van der Waals surface area contributed by atoms with Crippen molar-refractivity contribution in [3.8, 4) is 0 Å². The SMILES string of the molecule is CCOC(=O)C=CC=C1CCC(N(Cc2ccccc2)Cc2ccccc2)CC1. The van der Waals surface area contributed by atoms with Crippen molar-refractivity contribution in [3.05, 3.63) is 95.6 Å². The van der Waals surface area contributed by atoms with Crippen LogP contribution in [0, 0.1) is 0 Å². The van der Waals surface area contributed by atoms with Crippen molar-refractivity contribution in [1.82, 2.24) is 4.90 Å². The van der Waals surface area contributed by atoms with Gasteiger partial charge in [-0.3, -0.25) is 4.90 Å². The molecule has 1 aliphatic rings. The molecule has 0 bridgehead atoms. The van der Waals surface area contributed by atoms with E-state index < -0.39 is 0 Å². The van der Waals surface area contributed by atoms with Gasteiger partial charge < -0.3 is 4.74 Å². The number of carbonyl (C=O) groups excluding carboxylic acids is 1. The number of benzene rings is 2. The summed E-state index contributed by atoms with van der Waals surface area (Å²) in [6.07, 6.45) is 9.90. The minimum absolute atomic E-state index is 0.269. The third kappa shape index (κ3) is 7.03. The lowest BCUT2D eigenvalue weighted by Gasteiger charge is -2.35. The summed E-state index contributed by atoms with van der Waals surface area (Å²) < 4.78 is 4.93. The molecule has 2 aromatic rings. The Bertz CT molecular complexity index is 760. The lowest BCUT2D eigenvalue weighted by Crippen LogP contribution is -2.36. The molecule has 3 nitrogen and oxygen atoms in total. The second-order valence-electron chi connectivity index (χ2n) is 7.54. The van der Waals surface area contributed by atoms with Crippen molar-refractivity contribution >= 4 is 5.97 Å². The fourth-order valence-electron chi connectivity index (χ4n) is 3.91. The van der Waals surface area contributed by atoms with Crippen LogP contribution in [0.2, 0.25) is 0 Å². The molecule has 0 atom stereocenters. The third-order valence-corrected chi connectivity index (χ3v) is 5.42. The average Bonchev–Trinajstić information content (AvgIpc) is 2.75. The Hall–Kier alpha value is -2.65. The van der Waals surface area contributed by atoms with Crippen LogP contribution < -0.4 is 0 Å². The molecule has 0 unspecified atom stereocenters. The fourth-order valence-corrected chi connectivity index (χ4v) is 3.91. The lowest BCUT2D eigenvalue weighted by molar-refractivity contribution is -0.137. The maximum atomic E-state index is 11.4. The maximum absolute atomic E-state index is 11.4. The molecule has 0 N–H and O–H groups in total. The van der Waals surface area contributed by atoms with Crippen molar-refractivity contribution in [2.24, 2.45) is 0 Å². The van der Waals surface area contributed by atoms with E-state index in [-0.39, 0.29) is 5.97 Å². The van der Waals surface area contributed by atoms with Gasteiger partial charge >= 0.3 is 5.97 Å².